The van der Waals surface area contributed by atoms with E-state index in [4.69, 9.17) is 16.1 Å². The first-order chi connectivity index (χ1) is 12.0. The molecule has 6 heteroatoms. The van der Waals surface area contributed by atoms with Crippen LogP contribution in [0.2, 0.25) is 5.02 Å². The van der Waals surface area contributed by atoms with E-state index in [1.54, 1.807) is 0 Å². The fourth-order valence-electron chi connectivity index (χ4n) is 3.74. The second kappa shape index (κ2) is 6.23. The van der Waals surface area contributed by atoms with Crippen molar-refractivity contribution in [3.05, 3.63) is 51.5 Å². The van der Waals surface area contributed by atoms with Crippen LogP contribution < -0.4 is 5.32 Å². The highest BCUT2D eigenvalue weighted by Gasteiger charge is 2.26. The van der Waals surface area contributed by atoms with Gasteiger partial charge in [-0.3, -0.25) is 4.79 Å². The Balaban J connectivity index is 1.59. The summed E-state index contributed by atoms with van der Waals surface area (Å²) < 4.78 is 5.14. The van der Waals surface area contributed by atoms with E-state index in [2.05, 4.69) is 15.5 Å². The SMILES string of the molecule is Cc1noc(C)c1CC(=O)N[C@H]1CCCc2c1[nH]c1ccc(Cl)cc21. The lowest BCUT2D eigenvalue weighted by Gasteiger charge is -2.24. The number of nitrogens with zero attached hydrogens (tertiary/aromatic N) is 1. The number of aromatic nitrogens is 2. The number of halogens is 1. The van der Waals surface area contributed by atoms with E-state index < -0.39 is 0 Å². The van der Waals surface area contributed by atoms with Gasteiger partial charge in [-0.15, -0.1) is 0 Å². The van der Waals surface area contributed by atoms with E-state index in [1.165, 1.54) is 5.56 Å². The third-order valence-corrected chi connectivity index (χ3v) is 5.26. The molecule has 1 aromatic carbocycles. The molecule has 1 atom stereocenters. The normalized spacial score (nSPS) is 16.8. The van der Waals surface area contributed by atoms with Crippen LogP contribution in [-0.2, 0) is 17.6 Å². The maximum atomic E-state index is 12.5. The lowest BCUT2D eigenvalue weighted by Crippen LogP contribution is -2.32. The summed E-state index contributed by atoms with van der Waals surface area (Å²) in [5.74, 6) is 0.696. The van der Waals surface area contributed by atoms with Crippen LogP contribution in [-0.4, -0.2) is 16.0 Å². The minimum Gasteiger partial charge on any atom is -0.361 e. The van der Waals surface area contributed by atoms with Crippen molar-refractivity contribution >= 4 is 28.4 Å². The number of nitrogens with one attached hydrogen (secondary N) is 2. The van der Waals surface area contributed by atoms with Gasteiger partial charge in [0.05, 0.1) is 18.2 Å². The number of benzene rings is 1. The summed E-state index contributed by atoms with van der Waals surface area (Å²) in [4.78, 5) is 16.0. The number of fused-ring (bicyclic) bond motifs is 3. The second-order valence-corrected chi connectivity index (χ2v) is 7.14. The molecule has 1 aliphatic rings. The number of aromatic amines is 1. The third-order valence-electron chi connectivity index (χ3n) is 5.02. The molecule has 2 aromatic heterocycles. The Morgan fingerprint density at radius 1 is 1.44 bits per heavy atom. The second-order valence-electron chi connectivity index (χ2n) is 6.70. The summed E-state index contributed by atoms with van der Waals surface area (Å²) >= 11 is 6.15. The van der Waals surface area contributed by atoms with Crippen molar-refractivity contribution in [2.45, 2.75) is 45.6 Å². The van der Waals surface area contributed by atoms with Gasteiger partial charge in [0.25, 0.3) is 0 Å². The first-order valence-electron chi connectivity index (χ1n) is 8.54. The largest absolute Gasteiger partial charge is 0.361 e. The first-order valence-corrected chi connectivity index (χ1v) is 8.92. The summed E-state index contributed by atoms with van der Waals surface area (Å²) in [6.45, 7) is 3.70. The number of H-pyrrole nitrogens is 1. The maximum absolute atomic E-state index is 12.5. The van der Waals surface area contributed by atoms with Gasteiger partial charge in [-0.2, -0.15) is 0 Å². The Kier molecular flexibility index (Phi) is 4.04. The molecule has 1 amide bonds. The molecule has 0 spiro atoms. The van der Waals surface area contributed by atoms with Gasteiger partial charge in [0.1, 0.15) is 5.76 Å². The third kappa shape index (κ3) is 2.93. The van der Waals surface area contributed by atoms with Crippen LogP contribution in [0.4, 0.5) is 0 Å². The Morgan fingerprint density at radius 2 is 2.28 bits per heavy atom. The smallest absolute Gasteiger partial charge is 0.225 e. The fourth-order valence-corrected chi connectivity index (χ4v) is 3.91. The quantitative estimate of drug-likeness (QED) is 0.739. The van der Waals surface area contributed by atoms with Gasteiger partial charge in [0.15, 0.2) is 0 Å². The molecule has 0 aliphatic heterocycles. The number of hydrogen-bond acceptors (Lipinski definition) is 3. The average Bonchev–Trinajstić information content (AvgIpc) is 3.10. The van der Waals surface area contributed by atoms with Gasteiger partial charge in [-0.05, 0) is 56.9 Å². The molecular formula is C19H20ClN3O2. The Labute approximate surface area is 150 Å². The molecule has 0 fully saturated rings. The predicted octanol–water partition coefficient (Wildman–Crippen LogP) is 4.16. The summed E-state index contributed by atoms with van der Waals surface area (Å²) in [5, 5.41) is 8.98. The van der Waals surface area contributed by atoms with Crippen LogP contribution in [0.25, 0.3) is 10.9 Å². The molecule has 1 aliphatic carbocycles. The van der Waals surface area contributed by atoms with E-state index in [-0.39, 0.29) is 11.9 Å². The Hall–Kier alpha value is -2.27. The zero-order valence-corrected chi connectivity index (χ0v) is 15.0. The zero-order chi connectivity index (χ0) is 17.6. The summed E-state index contributed by atoms with van der Waals surface area (Å²) in [7, 11) is 0. The first kappa shape index (κ1) is 16.2. The molecule has 0 unspecified atom stereocenters. The molecule has 0 saturated carbocycles. The highest BCUT2D eigenvalue weighted by molar-refractivity contribution is 6.31. The van der Waals surface area contributed by atoms with Crippen molar-refractivity contribution in [1.29, 1.82) is 0 Å². The van der Waals surface area contributed by atoms with E-state index in [1.807, 2.05) is 32.0 Å². The van der Waals surface area contributed by atoms with Gasteiger partial charge in [0, 0.05) is 27.2 Å². The van der Waals surface area contributed by atoms with E-state index in [0.717, 1.165) is 52.1 Å². The zero-order valence-electron chi connectivity index (χ0n) is 14.3. The molecule has 0 radical (unpaired) electrons. The molecular weight excluding hydrogens is 338 g/mol. The van der Waals surface area contributed by atoms with E-state index in [9.17, 15) is 4.79 Å². The van der Waals surface area contributed by atoms with Crippen molar-refractivity contribution < 1.29 is 9.32 Å². The number of carbonyl (C=O) groups is 1. The molecule has 5 nitrogen and oxygen atoms in total. The lowest BCUT2D eigenvalue weighted by atomic mass is 9.91. The van der Waals surface area contributed by atoms with E-state index in [0.29, 0.717) is 12.2 Å². The number of rotatable bonds is 3. The summed E-state index contributed by atoms with van der Waals surface area (Å²) in [6.07, 6.45) is 3.27. The van der Waals surface area contributed by atoms with Crippen molar-refractivity contribution in [3.8, 4) is 0 Å². The monoisotopic (exact) mass is 357 g/mol. The standard InChI is InChI=1S/C19H20ClN3O2/c1-10-14(11(2)25-23-10)9-18(24)21-17-5-3-4-13-15-8-12(20)6-7-16(15)22-19(13)17/h6-8,17,22H,3-5,9H2,1-2H3,(H,21,24)/t17-/m0/s1. The highest BCUT2D eigenvalue weighted by atomic mass is 35.5. The molecule has 25 heavy (non-hydrogen) atoms. The van der Waals surface area contributed by atoms with Gasteiger partial charge >= 0.3 is 0 Å². The van der Waals surface area contributed by atoms with Crippen molar-refractivity contribution in [2.75, 3.05) is 0 Å². The van der Waals surface area contributed by atoms with Crippen molar-refractivity contribution in [2.24, 2.45) is 0 Å². The Morgan fingerprint density at radius 3 is 3.04 bits per heavy atom. The molecule has 4 rings (SSSR count). The molecule has 3 aromatic rings. The maximum Gasteiger partial charge on any atom is 0.225 e. The predicted molar refractivity (Wildman–Crippen MR) is 96.8 cm³/mol. The summed E-state index contributed by atoms with van der Waals surface area (Å²) in [5.41, 5.74) is 5.09. The minimum atomic E-state index is -0.0102. The van der Waals surface area contributed by atoms with Crippen LogP contribution >= 0.6 is 11.6 Å². The van der Waals surface area contributed by atoms with Gasteiger partial charge < -0.3 is 14.8 Å². The minimum absolute atomic E-state index is 0.00268. The molecule has 130 valence electrons. The number of aryl methyl sites for hydroxylation is 3. The van der Waals surface area contributed by atoms with Gasteiger partial charge in [-0.25, -0.2) is 0 Å². The van der Waals surface area contributed by atoms with Crippen LogP contribution in [0.15, 0.2) is 22.7 Å². The molecule has 0 saturated heterocycles. The van der Waals surface area contributed by atoms with Crippen molar-refractivity contribution in [1.82, 2.24) is 15.5 Å². The van der Waals surface area contributed by atoms with Crippen LogP contribution in [0.5, 0.6) is 0 Å². The topological polar surface area (TPSA) is 70.9 Å². The molecule has 2 heterocycles. The highest BCUT2D eigenvalue weighted by Crippen LogP contribution is 2.35. The Bertz CT molecular complexity index is 938. The molecule has 0 bridgehead atoms. The lowest BCUT2D eigenvalue weighted by molar-refractivity contribution is -0.121. The summed E-state index contributed by atoms with van der Waals surface area (Å²) in [6, 6.07) is 5.89. The van der Waals surface area contributed by atoms with E-state index >= 15 is 0 Å². The number of amides is 1. The number of carbonyl (C=O) groups excluding carboxylic acids is 1. The number of hydrogen-bond donors (Lipinski definition) is 2. The van der Waals surface area contributed by atoms with Crippen molar-refractivity contribution in [3.63, 3.8) is 0 Å². The van der Waals surface area contributed by atoms with Crippen LogP contribution in [0.1, 0.15) is 47.2 Å². The average molecular weight is 358 g/mol. The fraction of sp³-hybridized carbons (Fsp3) is 0.368. The molecule has 2 N–H and O–H groups in total. The van der Waals surface area contributed by atoms with Gasteiger partial charge in [-0.1, -0.05) is 16.8 Å². The van der Waals surface area contributed by atoms with Crippen LogP contribution in [0, 0.1) is 13.8 Å². The van der Waals surface area contributed by atoms with Gasteiger partial charge in [0.2, 0.25) is 5.91 Å². The van der Waals surface area contributed by atoms with Crippen LogP contribution in [0.3, 0.4) is 0 Å².